The number of carbonyl (C=O) groups excluding carboxylic acids is 3. The minimum absolute atomic E-state index is 0.143. The van der Waals surface area contributed by atoms with Gasteiger partial charge >= 0.3 is 12.1 Å². The molecule has 0 aromatic rings. The highest BCUT2D eigenvalue weighted by atomic mass is 16.6. The van der Waals surface area contributed by atoms with E-state index in [2.05, 4.69) is 22.9 Å². The van der Waals surface area contributed by atoms with Crippen molar-refractivity contribution in [2.45, 2.75) is 174 Å². The Hall–Kier alpha value is -2.32. The molecule has 2 saturated carbocycles. The first-order valence-electron chi connectivity index (χ1n) is 16.3. The molecule has 2 amide bonds. The van der Waals surface area contributed by atoms with Gasteiger partial charge in [-0.05, 0) is 65.2 Å². The van der Waals surface area contributed by atoms with E-state index in [4.69, 9.17) is 14.5 Å². The molecule has 0 spiro atoms. The lowest BCUT2D eigenvalue weighted by molar-refractivity contribution is -0.141. The first kappa shape index (κ1) is 34.9. The average molecular weight is 579 g/mol. The van der Waals surface area contributed by atoms with Crippen molar-refractivity contribution >= 4 is 24.0 Å². The van der Waals surface area contributed by atoms with E-state index in [1.165, 1.54) is 12.8 Å². The fourth-order valence-corrected chi connectivity index (χ4v) is 5.51. The Bertz CT molecular complexity index is 826. The smallest absolute Gasteiger partial charge is 0.408 e. The monoisotopic (exact) mass is 578 g/mol. The van der Waals surface area contributed by atoms with Crippen LogP contribution in [-0.2, 0) is 19.1 Å². The van der Waals surface area contributed by atoms with E-state index in [-0.39, 0.29) is 18.0 Å². The quantitative estimate of drug-likeness (QED) is 0.0989. The van der Waals surface area contributed by atoms with Gasteiger partial charge in [-0.25, -0.2) is 14.6 Å². The van der Waals surface area contributed by atoms with Crippen LogP contribution in [0.4, 0.5) is 4.79 Å². The molecule has 9 nitrogen and oxygen atoms in total. The molecule has 9 heteroatoms. The van der Waals surface area contributed by atoms with E-state index in [0.717, 1.165) is 77.0 Å². The molecule has 0 bridgehead atoms. The van der Waals surface area contributed by atoms with Crippen molar-refractivity contribution in [1.82, 2.24) is 16.0 Å². The van der Waals surface area contributed by atoms with Gasteiger partial charge in [0.05, 0.1) is 6.04 Å². The van der Waals surface area contributed by atoms with Gasteiger partial charge in [0.2, 0.25) is 5.91 Å². The topological polar surface area (TPSA) is 118 Å². The molecular weight excluding hydrogens is 520 g/mol. The number of rotatable bonds is 13. The number of amidine groups is 1. The largest absolute Gasteiger partial charge is 0.444 e. The Kier molecular flexibility index (Phi) is 15.5. The number of esters is 1. The Morgan fingerprint density at radius 2 is 1.49 bits per heavy atom. The Morgan fingerprint density at radius 3 is 2.07 bits per heavy atom. The average Bonchev–Trinajstić information content (AvgIpc) is 2.89. The highest BCUT2D eigenvalue weighted by molar-refractivity contribution is 5.94. The van der Waals surface area contributed by atoms with Crippen molar-refractivity contribution in [3.05, 3.63) is 0 Å². The molecule has 2 fully saturated rings. The second-order valence-corrected chi connectivity index (χ2v) is 13.4. The number of nitrogens with one attached hydrogen (secondary N) is 3. The first-order chi connectivity index (χ1) is 19.5. The zero-order valence-corrected chi connectivity index (χ0v) is 26.7. The van der Waals surface area contributed by atoms with Crippen LogP contribution in [0.1, 0.15) is 144 Å². The molecular formula is C32H58N4O5. The number of carbonyl (C=O) groups is 3. The molecule has 0 aromatic heterocycles. The standard InChI is InChI=1S/C32H58N4O5/c1-7-8-9-16-21-26(35-28(37)27(22-23(2)3)36-31(39)41-32(4,5)6)29(38)40-30(33-24-17-12-10-13-18-24)34-25-19-14-11-15-20-25/h23-27H,7-22H2,1-6H3,(H,33,34)(H,35,37)(H,36,39)/t26-,27+/m1/s1. The fourth-order valence-electron chi connectivity index (χ4n) is 5.51. The van der Waals surface area contributed by atoms with E-state index >= 15 is 0 Å². The number of alkyl carbamates (subject to hydrolysis) is 1. The molecule has 236 valence electrons. The summed E-state index contributed by atoms with van der Waals surface area (Å²) in [6.07, 6.45) is 15.2. The molecule has 2 atom stereocenters. The lowest BCUT2D eigenvalue weighted by atomic mass is 9.95. The number of amides is 2. The van der Waals surface area contributed by atoms with Crippen LogP contribution in [0, 0.1) is 5.92 Å². The number of unbranched alkanes of at least 4 members (excludes halogenated alkanes) is 3. The zero-order valence-electron chi connectivity index (χ0n) is 26.7. The van der Waals surface area contributed by atoms with Crippen molar-refractivity contribution < 1.29 is 23.9 Å². The SMILES string of the molecule is CCCCCC[C@@H](NC(=O)[C@H](CC(C)C)NC(=O)OC(C)(C)C)C(=O)OC(=NC1CCCCC1)NC1CCCCC1. The predicted molar refractivity (Wildman–Crippen MR) is 164 cm³/mol. The van der Waals surface area contributed by atoms with Gasteiger partial charge in [0.1, 0.15) is 17.7 Å². The highest BCUT2D eigenvalue weighted by Crippen LogP contribution is 2.22. The Labute approximate surface area is 248 Å². The summed E-state index contributed by atoms with van der Waals surface area (Å²) in [5, 5.41) is 9.06. The van der Waals surface area contributed by atoms with Crippen LogP contribution < -0.4 is 16.0 Å². The zero-order chi connectivity index (χ0) is 30.3. The van der Waals surface area contributed by atoms with Crippen molar-refractivity contribution in [2.75, 3.05) is 0 Å². The molecule has 0 aromatic carbocycles. The van der Waals surface area contributed by atoms with Crippen LogP contribution in [-0.4, -0.2) is 53.8 Å². The summed E-state index contributed by atoms with van der Waals surface area (Å²) in [6.45, 7) is 11.4. The van der Waals surface area contributed by atoms with Crippen LogP contribution in [0.15, 0.2) is 4.99 Å². The van der Waals surface area contributed by atoms with Crippen LogP contribution in [0.5, 0.6) is 0 Å². The normalized spacial score (nSPS) is 18.9. The summed E-state index contributed by atoms with van der Waals surface area (Å²) in [5.41, 5.74) is -0.687. The van der Waals surface area contributed by atoms with Gasteiger partial charge in [0, 0.05) is 6.04 Å². The first-order valence-corrected chi connectivity index (χ1v) is 16.3. The van der Waals surface area contributed by atoms with E-state index in [9.17, 15) is 14.4 Å². The van der Waals surface area contributed by atoms with Crippen LogP contribution in [0.2, 0.25) is 0 Å². The van der Waals surface area contributed by atoms with E-state index < -0.39 is 35.7 Å². The minimum Gasteiger partial charge on any atom is -0.444 e. The summed E-state index contributed by atoms with van der Waals surface area (Å²) in [4.78, 5) is 44.5. The fraction of sp³-hybridized carbons (Fsp3) is 0.875. The van der Waals surface area contributed by atoms with E-state index in [0.29, 0.717) is 18.9 Å². The lowest BCUT2D eigenvalue weighted by Crippen LogP contribution is -2.53. The second-order valence-electron chi connectivity index (χ2n) is 13.4. The van der Waals surface area contributed by atoms with Crippen LogP contribution in [0.25, 0.3) is 0 Å². The molecule has 0 saturated heterocycles. The molecule has 0 heterocycles. The molecule has 0 unspecified atom stereocenters. The molecule has 41 heavy (non-hydrogen) atoms. The summed E-state index contributed by atoms with van der Waals surface area (Å²) >= 11 is 0. The maximum atomic E-state index is 13.6. The minimum atomic E-state index is -0.834. The number of ether oxygens (including phenoxy) is 2. The molecule has 2 aliphatic rings. The van der Waals surface area contributed by atoms with Crippen LogP contribution in [0.3, 0.4) is 0 Å². The van der Waals surface area contributed by atoms with Gasteiger partial charge in [-0.1, -0.05) is 85.0 Å². The van der Waals surface area contributed by atoms with Crippen molar-refractivity contribution in [1.29, 1.82) is 0 Å². The van der Waals surface area contributed by atoms with Gasteiger partial charge in [0.25, 0.3) is 6.02 Å². The predicted octanol–water partition coefficient (Wildman–Crippen LogP) is 6.54. The second kappa shape index (κ2) is 18.3. The number of hydrogen-bond donors (Lipinski definition) is 3. The van der Waals surface area contributed by atoms with Crippen molar-refractivity contribution in [3.63, 3.8) is 0 Å². The summed E-state index contributed by atoms with van der Waals surface area (Å²) in [6, 6.07) is -0.975. The van der Waals surface area contributed by atoms with Gasteiger partial charge in [-0.2, -0.15) is 0 Å². The molecule has 2 rings (SSSR count). The molecule has 0 radical (unpaired) electrons. The maximum Gasteiger partial charge on any atom is 0.408 e. The number of nitrogens with zero attached hydrogens (tertiary/aromatic N) is 1. The molecule has 2 aliphatic carbocycles. The maximum absolute atomic E-state index is 13.6. The molecule has 0 aliphatic heterocycles. The number of hydrogen-bond acceptors (Lipinski definition) is 6. The molecule has 3 N–H and O–H groups in total. The number of aliphatic imine (C=N–C) groups is 1. The van der Waals surface area contributed by atoms with E-state index in [1.54, 1.807) is 20.8 Å². The third-order valence-electron chi connectivity index (χ3n) is 7.67. The van der Waals surface area contributed by atoms with Crippen molar-refractivity contribution in [2.24, 2.45) is 10.9 Å². The lowest BCUT2D eigenvalue weighted by Gasteiger charge is -2.27. The summed E-state index contributed by atoms with van der Waals surface area (Å²) < 4.78 is 11.4. The third-order valence-corrected chi connectivity index (χ3v) is 7.67. The van der Waals surface area contributed by atoms with Crippen LogP contribution >= 0.6 is 0 Å². The summed E-state index contributed by atoms with van der Waals surface area (Å²) in [7, 11) is 0. The summed E-state index contributed by atoms with van der Waals surface area (Å²) in [5.74, 6) is -0.772. The van der Waals surface area contributed by atoms with E-state index in [1.807, 2.05) is 13.8 Å². The van der Waals surface area contributed by atoms with Gasteiger partial charge in [-0.15, -0.1) is 0 Å². The highest BCUT2D eigenvalue weighted by Gasteiger charge is 2.31. The van der Waals surface area contributed by atoms with Gasteiger partial charge in [-0.3, -0.25) is 4.79 Å². The Morgan fingerprint density at radius 1 is 0.854 bits per heavy atom. The van der Waals surface area contributed by atoms with Crippen molar-refractivity contribution in [3.8, 4) is 0 Å². The third kappa shape index (κ3) is 14.9. The van der Waals surface area contributed by atoms with Gasteiger partial charge < -0.3 is 25.4 Å². The van der Waals surface area contributed by atoms with Gasteiger partial charge in [0.15, 0.2) is 0 Å². The Balaban J connectivity index is 2.18.